The molecule has 0 atom stereocenters. The van der Waals surface area contributed by atoms with Gasteiger partial charge in [-0.15, -0.1) is 0 Å². The first kappa shape index (κ1) is 3.27. The van der Waals surface area contributed by atoms with Crippen molar-refractivity contribution in [2.24, 2.45) is 11.5 Å². The lowest BCUT2D eigenvalue weighted by molar-refractivity contribution is 0.256. The van der Waals surface area contributed by atoms with Crippen LogP contribution in [0.1, 0.15) is 0 Å². The molecule has 0 radical (unpaired) electrons. The molecule has 0 heterocycles. The Morgan fingerprint density at radius 1 is 1.50 bits per heavy atom. The fourth-order valence-electron chi connectivity index (χ4n) is 0. The normalized spacial score (nSPS) is 6.00. The van der Waals surface area contributed by atoms with E-state index in [4.69, 9.17) is 4.79 Å². The second-order valence-corrected chi connectivity index (χ2v) is 0.402. The van der Waals surface area contributed by atoms with E-state index in [2.05, 4.69) is 11.5 Å². The average Bonchev–Trinajstić information content (AvgIpc) is 0.811. The number of carbonyl (C=O) groups excluding carboxylic acids is 1. The van der Waals surface area contributed by atoms with Crippen LogP contribution in [0.2, 0.25) is 0 Å². The first-order valence-corrected chi connectivity index (χ1v) is 0.781. The van der Waals surface area contributed by atoms with Crippen LogP contribution in [-0.2, 0) is 0 Å². The molecule has 0 aliphatic heterocycles. The Bertz CT molecular complexity index is 29.0. The molecular weight excluding hydrogens is 64.1 g/mol. The summed E-state index contributed by atoms with van der Waals surface area (Å²) in [5.41, 5.74) is 8.50. The van der Waals surface area contributed by atoms with E-state index in [1.807, 2.05) is 0 Å². The minimum atomic E-state index is -0.833. The highest BCUT2D eigenvalue weighted by molar-refractivity contribution is 5.69. The summed E-state index contributed by atoms with van der Waals surface area (Å²) in [5, 5.41) is 0. The van der Waals surface area contributed by atoms with E-state index in [-0.39, 0.29) is 0 Å². The highest BCUT2D eigenvalue weighted by atomic mass is 20.5. The quantitative estimate of drug-likeness (QED) is 0.376. The zero-order valence-corrected chi connectivity index (χ0v) is 2.06. The molecule has 0 aromatic rings. The largest absolute Gasteiger partial charge is 0.352 e. The molecule has 0 rings (SSSR count). The van der Waals surface area contributed by atoms with Crippen molar-refractivity contribution in [2.45, 2.75) is 0 Å². The lowest BCUT2D eigenvalue weighted by atomic mass is 13.7. The molecule has 3 heteroatoms. The van der Waals surface area contributed by atoms with Gasteiger partial charge in [0, 0.05) is 0 Å². The molecule has 3 nitrogen and oxygen atoms in total. The maximum Gasteiger partial charge on any atom is 0.309 e. The van der Waals surface area contributed by atoms with Gasteiger partial charge in [-0.25, -0.2) is 4.79 Å². The summed E-state index contributed by atoms with van der Waals surface area (Å²) in [4.78, 5) is 9.00. The number of hydrogen-bond donors (Lipinski definition) is 2. The molecule has 0 spiro atoms. The van der Waals surface area contributed by atoms with Crippen LogP contribution in [0.4, 0.5) is 4.79 Å². The number of hydrogen-bond acceptors (Lipinski definition) is 1. The molecule has 0 fully saturated rings. The van der Waals surface area contributed by atoms with Gasteiger partial charge >= 0.3 is 6.03 Å². The van der Waals surface area contributed by atoms with Gasteiger partial charge in [0.15, 0.2) is 0 Å². The van der Waals surface area contributed by atoms with Crippen LogP contribution in [0.15, 0.2) is 0 Å². The van der Waals surface area contributed by atoms with Gasteiger partial charge in [0.25, 0.3) is 0 Å². The molecule has 0 unspecified atom stereocenters. The second-order valence-electron chi connectivity index (χ2n) is 0.402. The lowest BCUT2D eigenvalue weighted by Crippen LogP contribution is -2.18. The maximum absolute atomic E-state index is 9.00. The SMILES string of the molecule is N[20C](N)=O. The molecule has 4 N–H and O–H groups in total. The number of urea groups is 1. The Kier molecular flexibility index (Phi) is 0.581. The molecule has 0 saturated heterocycles. The summed E-state index contributed by atoms with van der Waals surface area (Å²) in [5.74, 6) is 0. The number of carbonyl (C=O) groups is 1. The van der Waals surface area contributed by atoms with Crippen LogP contribution in [-0.4, -0.2) is 6.03 Å². The lowest BCUT2D eigenvalue weighted by Gasteiger charge is -1.62. The predicted octanol–water partition coefficient (Wildman–Crippen LogP) is -0.976. The summed E-state index contributed by atoms with van der Waals surface area (Å²) in [6.07, 6.45) is 0. The summed E-state index contributed by atoms with van der Waals surface area (Å²) >= 11 is 0. The van der Waals surface area contributed by atoms with E-state index in [0.29, 0.717) is 0 Å². The van der Waals surface area contributed by atoms with Gasteiger partial charge in [0.1, 0.15) is 0 Å². The van der Waals surface area contributed by atoms with Gasteiger partial charge in [0.05, 0.1) is 0 Å². The monoisotopic (exact) mass is 68.1 g/mol. The summed E-state index contributed by atoms with van der Waals surface area (Å²) in [6.45, 7) is 0. The Morgan fingerprint density at radius 2 is 1.50 bits per heavy atom. The van der Waals surface area contributed by atoms with Gasteiger partial charge < -0.3 is 11.5 Å². The fraction of sp³-hybridized carbons (Fsp3) is 0. The molecule has 0 saturated carbocycles. The first-order valence-electron chi connectivity index (χ1n) is 0.781. The molecule has 0 aromatic carbocycles. The Labute approximate surface area is 23.6 Å². The van der Waals surface area contributed by atoms with Crippen LogP contribution in [0, 0.1) is 0 Å². The van der Waals surface area contributed by atoms with Crippen molar-refractivity contribution in [2.75, 3.05) is 0 Å². The number of amides is 2. The van der Waals surface area contributed by atoms with Crippen LogP contribution in [0.3, 0.4) is 0 Å². The molecule has 0 aromatic heterocycles. The van der Waals surface area contributed by atoms with Crippen molar-refractivity contribution >= 4 is 6.03 Å². The third kappa shape index (κ3) is 0.174. The van der Waals surface area contributed by atoms with Crippen molar-refractivity contribution in [3.63, 3.8) is 0 Å². The Morgan fingerprint density at radius 3 is 1.50 bits per heavy atom. The van der Waals surface area contributed by atoms with E-state index >= 15 is 0 Å². The van der Waals surface area contributed by atoms with E-state index in [0.717, 1.165) is 0 Å². The van der Waals surface area contributed by atoms with Gasteiger partial charge in [-0.3, -0.25) is 0 Å². The number of rotatable bonds is 0. The third-order valence-corrected chi connectivity index (χ3v) is 0. The minimum absolute atomic E-state index is 0.833. The van der Waals surface area contributed by atoms with E-state index in [1.165, 1.54) is 0 Å². The highest BCUT2D eigenvalue weighted by Gasteiger charge is 1.60. The molecular formula is CH4N2O. The van der Waals surface area contributed by atoms with Gasteiger partial charge in [0.2, 0.25) is 0 Å². The van der Waals surface area contributed by atoms with Crippen LogP contribution in [0.25, 0.3) is 0 Å². The highest BCUT2D eigenvalue weighted by Crippen LogP contribution is 1.25. The van der Waals surface area contributed by atoms with Crippen molar-refractivity contribution in [3.05, 3.63) is 0 Å². The van der Waals surface area contributed by atoms with Crippen molar-refractivity contribution in [1.29, 1.82) is 0 Å². The molecule has 2 amide bonds. The zero-order chi connectivity index (χ0) is 3.58. The first-order chi connectivity index (χ1) is 1.73. The Balaban J connectivity index is 2.80. The van der Waals surface area contributed by atoms with Crippen LogP contribution in [0.5, 0.6) is 0 Å². The Hall–Kier alpha value is -0.730. The number of primary amides is 2. The summed E-state index contributed by atoms with van der Waals surface area (Å²) in [7, 11) is 0. The molecule has 24 valence electrons. The van der Waals surface area contributed by atoms with E-state index in [1.54, 1.807) is 0 Å². The third-order valence-electron chi connectivity index (χ3n) is 0. The van der Waals surface area contributed by atoms with E-state index in [9.17, 15) is 0 Å². The molecule has 0 bridgehead atoms. The van der Waals surface area contributed by atoms with Crippen molar-refractivity contribution in [3.8, 4) is 0 Å². The molecule has 0 aliphatic carbocycles. The van der Waals surface area contributed by atoms with Gasteiger partial charge in [-0.1, -0.05) is 0 Å². The topological polar surface area (TPSA) is 69.1 Å². The standard InChI is InChI=1S/CH4N2O/c2-1(3)4/h(H4,2,3,4)/i1+8. The fourth-order valence-corrected chi connectivity index (χ4v) is 0. The summed E-state index contributed by atoms with van der Waals surface area (Å²) in [6, 6.07) is -0.833. The smallest absolute Gasteiger partial charge is 0.309 e. The zero-order valence-electron chi connectivity index (χ0n) is 2.06. The minimum Gasteiger partial charge on any atom is -0.352 e. The van der Waals surface area contributed by atoms with Crippen molar-refractivity contribution < 1.29 is 4.79 Å². The molecule has 0 aliphatic rings. The predicted molar refractivity (Wildman–Crippen MR) is 13.8 cm³/mol. The molecule has 4 heavy (non-hydrogen) atoms. The van der Waals surface area contributed by atoms with Gasteiger partial charge in [-0.2, -0.15) is 0 Å². The summed E-state index contributed by atoms with van der Waals surface area (Å²) < 4.78 is 0. The average molecular weight is 68.1 g/mol. The van der Waals surface area contributed by atoms with Gasteiger partial charge in [-0.05, 0) is 0 Å². The number of nitrogens with two attached hydrogens (primary N) is 2. The maximum atomic E-state index is 9.00. The second kappa shape index (κ2) is 0.711. The van der Waals surface area contributed by atoms with E-state index < -0.39 is 6.03 Å². The van der Waals surface area contributed by atoms with Crippen molar-refractivity contribution in [1.82, 2.24) is 0 Å². The van der Waals surface area contributed by atoms with Crippen LogP contribution >= 0.6 is 0 Å². The van der Waals surface area contributed by atoms with Crippen LogP contribution < -0.4 is 11.5 Å².